The van der Waals surface area contributed by atoms with E-state index in [1.54, 1.807) is 0 Å². The highest BCUT2D eigenvalue weighted by Gasteiger charge is 2.40. The highest BCUT2D eigenvalue weighted by molar-refractivity contribution is 5.78. The van der Waals surface area contributed by atoms with Gasteiger partial charge in [0.1, 0.15) is 12.2 Å². The van der Waals surface area contributed by atoms with Gasteiger partial charge in [-0.15, -0.1) is 0 Å². The number of cyclic esters (lactones) is 1. The SMILES string of the molecule is C=C[C@@H]1OC(=O)[C@H](O)[C@@H]1O. The predicted octanol–water partition coefficient (Wildman–Crippen LogP) is -1.18. The van der Waals surface area contributed by atoms with Crippen molar-refractivity contribution >= 4 is 5.97 Å². The minimum atomic E-state index is -1.41. The monoisotopic (exact) mass is 144 g/mol. The first-order chi connectivity index (χ1) is 4.66. The average molecular weight is 144 g/mol. The summed E-state index contributed by atoms with van der Waals surface area (Å²) in [7, 11) is 0. The maximum Gasteiger partial charge on any atom is 0.338 e. The molecule has 0 spiro atoms. The van der Waals surface area contributed by atoms with Crippen LogP contribution in [0, 0.1) is 0 Å². The van der Waals surface area contributed by atoms with Crippen molar-refractivity contribution in [2.45, 2.75) is 18.3 Å². The number of esters is 1. The van der Waals surface area contributed by atoms with Crippen LogP contribution in [0.15, 0.2) is 12.7 Å². The van der Waals surface area contributed by atoms with Crippen LogP contribution in [-0.4, -0.2) is 34.5 Å². The lowest BCUT2D eigenvalue weighted by molar-refractivity contribution is -0.146. The zero-order chi connectivity index (χ0) is 7.72. The van der Waals surface area contributed by atoms with Gasteiger partial charge in [0.15, 0.2) is 6.10 Å². The quantitative estimate of drug-likeness (QED) is 0.359. The van der Waals surface area contributed by atoms with Gasteiger partial charge < -0.3 is 14.9 Å². The molecule has 1 fully saturated rings. The van der Waals surface area contributed by atoms with E-state index in [2.05, 4.69) is 11.3 Å². The molecule has 0 aliphatic carbocycles. The van der Waals surface area contributed by atoms with E-state index in [4.69, 9.17) is 10.2 Å². The Balaban J connectivity index is 2.70. The molecule has 0 aromatic heterocycles. The molecule has 4 heteroatoms. The van der Waals surface area contributed by atoms with Crippen LogP contribution in [0.2, 0.25) is 0 Å². The van der Waals surface area contributed by atoms with E-state index in [0.717, 1.165) is 0 Å². The molecule has 1 aliphatic heterocycles. The number of aliphatic hydroxyl groups excluding tert-OH is 2. The van der Waals surface area contributed by atoms with Crippen molar-refractivity contribution in [1.29, 1.82) is 0 Å². The Morgan fingerprint density at radius 2 is 2.20 bits per heavy atom. The zero-order valence-electron chi connectivity index (χ0n) is 5.23. The maximum absolute atomic E-state index is 10.5. The molecule has 3 atom stereocenters. The van der Waals surface area contributed by atoms with Crippen LogP contribution in [0.5, 0.6) is 0 Å². The zero-order valence-corrected chi connectivity index (χ0v) is 5.23. The van der Waals surface area contributed by atoms with Gasteiger partial charge in [-0.3, -0.25) is 0 Å². The van der Waals surface area contributed by atoms with E-state index in [1.807, 2.05) is 0 Å². The highest BCUT2D eigenvalue weighted by atomic mass is 16.6. The second-order valence-corrected chi connectivity index (χ2v) is 2.07. The maximum atomic E-state index is 10.5. The number of rotatable bonds is 1. The summed E-state index contributed by atoms with van der Waals surface area (Å²) in [5.41, 5.74) is 0. The number of aliphatic hydroxyl groups is 2. The predicted molar refractivity (Wildman–Crippen MR) is 32.1 cm³/mol. The molecule has 0 unspecified atom stereocenters. The lowest BCUT2D eigenvalue weighted by Crippen LogP contribution is -2.29. The van der Waals surface area contributed by atoms with Crippen LogP contribution in [0.1, 0.15) is 0 Å². The minimum absolute atomic E-state index is 0.762. The van der Waals surface area contributed by atoms with Crippen molar-refractivity contribution in [3.8, 4) is 0 Å². The lowest BCUT2D eigenvalue weighted by Gasteiger charge is -2.06. The van der Waals surface area contributed by atoms with Crippen LogP contribution in [0.4, 0.5) is 0 Å². The van der Waals surface area contributed by atoms with Crippen molar-refractivity contribution < 1.29 is 19.7 Å². The summed E-state index contributed by atoms with van der Waals surface area (Å²) >= 11 is 0. The molecule has 1 aliphatic rings. The van der Waals surface area contributed by atoms with Gasteiger partial charge in [0, 0.05) is 0 Å². The lowest BCUT2D eigenvalue weighted by atomic mass is 10.1. The van der Waals surface area contributed by atoms with E-state index in [9.17, 15) is 4.79 Å². The molecule has 4 nitrogen and oxygen atoms in total. The largest absolute Gasteiger partial charge is 0.453 e. The number of carbonyl (C=O) groups is 1. The molecule has 0 bridgehead atoms. The molecule has 0 aromatic rings. The number of hydrogen-bond acceptors (Lipinski definition) is 4. The van der Waals surface area contributed by atoms with Crippen LogP contribution < -0.4 is 0 Å². The molecule has 0 radical (unpaired) electrons. The molecule has 1 saturated heterocycles. The highest BCUT2D eigenvalue weighted by Crippen LogP contribution is 2.15. The fraction of sp³-hybridized carbons (Fsp3) is 0.500. The summed E-state index contributed by atoms with van der Waals surface area (Å²) in [6.45, 7) is 3.31. The standard InChI is InChI=1S/C6H8O4/c1-2-3-4(7)5(8)6(9)10-3/h2-5,7-8H,1H2/t3-,4+,5+/m0/s1. The summed E-state index contributed by atoms with van der Waals surface area (Å²) in [6, 6.07) is 0. The first kappa shape index (κ1) is 7.24. The van der Waals surface area contributed by atoms with Crippen LogP contribution in [0.25, 0.3) is 0 Å². The third-order valence-electron chi connectivity index (χ3n) is 1.39. The molecule has 0 aromatic carbocycles. The van der Waals surface area contributed by atoms with E-state index < -0.39 is 24.3 Å². The Hall–Kier alpha value is -0.870. The molecule has 10 heavy (non-hydrogen) atoms. The van der Waals surface area contributed by atoms with Gasteiger partial charge in [-0.25, -0.2) is 4.79 Å². The average Bonchev–Trinajstić information content (AvgIpc) is 2.17. The van der Waals surface area contributed by atoms with Gasteiger partial charge in [-0.05, 0) is 6.08 Å². The Morgan fingerprint density at radius 1 is 1.60 bits per heavy atom. The third-order valence-corrected chi connectivity index (χ3v) is 1.39. The molecular formula is C6H8O4. The van der Waals surface area contributed by atoms with Crippen molar-refractivity contribution in [2.75, 3.05) is 0 Å². The van der Waals surface area contributed by atoms with Gasteiger partial charge in [-0.1, -0.05) is 6.58 Å². The van der Waals surface area contributed by atoms with Crippen LogP contribution >= 0.6 is 0 Å². The summed E-state index contributed by atoms with van der Waals surface area (Å²) < 4.78 is 4.48. The first-order valence-electron chi connectivity index (χ1n) is 2.86. The summed E-state index contributed by atoms with van der Waals surface area (Å²) in [4.78, 5) is 10.5. The second kappa shape index (κ2) is 2.40. The Kier molecular flexibility index (Phi) is 1.74. The fourth-order valence-electron chi connectivity index (χ4n) is 0.780. The van der Waals surface area contributed by atoms with E-state index >= 15 is 0 Å². The summed E-state index contributed by atoms with van der Waals surface area (Å²) in [5.74, 6) is -0.794. The van der Waals surface area contributed by atoms with Crippen molar-refractivity contribution in [3.05, 3.63) is 12.7 Å². The Labute approximate surface area is 57.7 Å². The topological polar surface area (TPSA) is 66.8 Å². The summed E-state index contributed by atoms with van der Waals surface area (Å²) in [6.07, 6.45) is -2.06. The third kappa shape index (κ3) is 0.913. The summed E-state index contributed by atoms with van der Waals surface area (Å²) in [5, 5.41) is 17.8. The van der Waals surface area contributed by atoms with Gasteiger partial charge in [0.25, 0.3) is 0 Å². The molecule has 2 N–H and O–H groups in total. The van der Waals surface area contributed by atoms with E-state index in [-0.39, 0.29) is 0 Å². The Bertz CT molecular complexity index is 165. The fourth-order valence-corrected chi connectivity index (χ4v) is 0.780. The van der Waals surface area contributed by atoms with Gasteiger partial charge in [0.2, 0.25) is 0 Å². The molecule has 1 heterocycles. The second-order valence-electron chi connectivity index (χ2n) is 2.07. The van der Waals surface area contributed by atoms with E-state index in [0.29, 0.717) is 0 Å². The van der Waals surface area contributed by atoms with Gasteiger partial charge in [0.05, 0.1) is 0 Å². The number of hydrogen-bond donors (Lipinski definition) is 2. The molecule has 0 amide bonds. The van der Waals surface area contributed by atoms with Crippen molar-refractivity contribution in [3.63, 3.8) is 0 Å². The van der Waals surface area contributed by atoms with E-state index in [1.165, 1.54) is 6.08 Å². The Morgan fingerprint density at radius 3 is 2.40 bits per heavy atom. The molecular weight excluding hydrogens is 136 g/mol. The number of ether oxygens (including phenoxy) is 1. The normalized spacial score (nSPS) is 39.4. The number of carbonyl (C=O) groups excluding carboxylic acids is 1. The van der Waals surface area contributed by atoms with Crippen molar-refractivity contribution in [1.82, 2.24) is 0 Å². The van der Waals surface area contributed by atoms with Crippen molar-refractivity contribution in [2.24, 2.45) is 0 Å². The van der Waals surface area contributed by atoms with Crippen LogP contribution in [0.3, 0.4) is 0 Å². The molecule has 56 valence electrons. The van der Waals surface area contributed by atoms with Gasteiger partial charge in [-0.2, -0.15) is 0 Å². The first-order valence-corrected chi connectivity index (χ1v) is 2.86. The minimum Gasteiger partial charge on any atom is -0.453 e. The molecule has 1 rings (SSSR count). The van der Waals surface area contributed by atoms with Crippen LogP contribution in [-0.2, 0) is 9.53 Å². The van der Waals surface area contributed by atoms with Gasteiger partial charge >= 0.3 is 5.97 Å². The molecule has 0 saturated carbocycles. The smallest absolute Gasteiger partial charge is 0.338 e.